The first kappa shape index (κ1) is 17.0. The number of carbonyl (C=O) groups excluding carboxylic acids is 2. The van der Waals surface area contributed by atoms with E-state index in [9.17, 15) is 19.2 Å². The first-order valence-electron chi connectivity index (χ1n) is 7.67. The van der Waals surface area contributed by atoms with Gasteiger partial charge in [-0.2, -0.15) is 0 Å². The zero-order chi connectivity index (χ0) is 17.0. The van der Waals surface area contributed by atoms with Crippen molar-refractivity contribution < 1.29 is 14.3 Å². The molecule has 1 amide bonds. The first-order chi connectivity index (χ1) is 10.9. The van der Waals surface area contributed by atoms with Crippen molar-refractivity contribution in [1.29, 1.82) is 0 Å². The van der Waals surface area contributed by atoms with Crippen molar-refractivity contribution in [2.75, 3.05) is 6.61 Å². The molecule has 23 heavy (non-hydrogen) atoms. The number of nitrogens with one attached hydrogen (secondary N) is 3. The number of H-pyrrole nitrogens is 2. The predicted octanol–water partition coefficient (Wildman–Crippen LogP) is 0.161. The summed E-state index contributed by atoms with van der Waals surface area (Å²) in [4.78, 5) is 49.9. The minimum Gasteiger partial charge on any atom is -0.451 e. The SMILES string of the molecule is C[C@H]1[C@@H](NC(=O)COC(=O)c2cc(=O)[nH]c(=O)[nH]2)CCC[C@@H]1C. The molecule has 8 heteroatoms. The second-order valence-corrected chi connectivity index (χ2v) is 6.02. The summed E-state index contributed by atoms with van der Waals surface area (Å²) in [6.07, 6.45) is 3.12. The van der Waals surface area contributed by atoms with Crippen LogP contribution in [0.3, 0.4) is 0 Å². The van der Waals surface area contributed by atoms with E-state index < -0.39 is 29.7 Å². The molecule has 0 spiro atoms. The predicted molar refractivity (Wildman–Crippen MR) is 82.1 cm³/mol. The summed E-state index contributed by atoms with van der Waals surface area (Å²) >= 11 is 0. The first-order valence-corrected chi connectivity index (χ1v) is 7.67. The molecule has 1 saturated carbocycles. The van der Waals surface area contributed by atoms with E-state index in [0.29, 0.717) is 11.8 Å². The van der Waals surface area contributed by atoms with Gasteiger partial charge in [0.05, 0.1) is 0 Å². The molecule has 1 aromatic heterocycles. The summed E-state index contributed by atoms with van der Waals surface area (Å²) in [5, 5.41) is 2.87. The van der Waals surface area contributed by atoms with E-state index in [0.717, 1.165) is 25.3 Å². The van der Waals surface area contributed by atoms with E-state index in [4.69, 9.17) is 4.74 Å². The number of hydrogen-bond acceptors (Lipinski definition) is 5. The average molecular weight is 323 g/mol. The van der Waals surface area contributed by atoms with Crippen LogP contribution in [0.5, 0.6) is 0 Å². The molecule has 1 heterocycles. The summed E-state index contributed by atoms with van der Waals surface area (Å²) < 4.78 is 4.83. The molecular formula is C15H21N3O5. The molecule has 0 bridgehead atoms. The minimum atomic E-state index is -0.923. The van der Waals surface area contributed by atoms with E-state index in [-0.39, 0.29) is 11.7 Å². The van der Waals surface area contributed by atoms with E-state index >= 15 is 0 Å². The van der Waals surface area contributed by atoms with E-state index in [1.54, 1.807) is 0 Å². The lowest BCUT2D eigenvalue weighted by atomic mass is 9.78. The molecule has 1 fully saturated rings. The van der Waals surface area contributed by atoms with Crippen LogP contribution in [0.15, 0.2) is 15.7 Å². The number of esters is 1. The van der Waals surface area contributed by atoms with E-state index in [1.165, 1.54) is 0 Å². The Labute approximate surface area is 132 Å². The Balaban J connectivity index is 1.87. The molecule has 0 saturated heterocycles. The van der Waals surface area contributed by atoms with Crippen molar-refractivity contribution in [3.05, 3.63) is 32.6 Å². The smallest absolute Gasteiger partial charge is 0.355 e. The van der Waals surface area contributed by atoms with Gasteiger partial charge in [-0.05, 0) is 18.3 Å². The van der Waals surface area contributed by atoms with Crippen LogP contribution in [0, 0.1) is 11.8 Å². The molecule has 0 aliphatic heterocycles. The van der Waals surface area contributed by atoms with Gasteiger partial charge in [-0.3, -0.25) is 14.6 Å². The van der Waals surface area contributed by atoms with Gasteiger partial charge in [-0.1, -0.05) is 26.7 Å². The van der Waals surface area contributed by atoms with E-state index in [2.05, 4.69) is 24.1 Å². The highest BCUT2D eigenvalue weighted by Crippen LogP contribution is 2.29. The second kappa shape index (κ2) is 7.26. The van der Waals surface area contributed by atoms with Gasteiger partial charge in [0.25, 0.3) is 11.5 Å². The summed E-state index contributed by atoms with van der Waals surface area (Å²) in [5.41, 5.74) is -1.81. The molecule has 1 aromatic rings. The largest absolute Gasteiger partial charge is 0.451 e. The Bertz CT molecular complexity index is 665. The van der Waals surface area contributed by atoms with Crippen molar-refractivity contribution in [1.82, 2.24) is 15.3 Å². The number of carbonyl (C=O) groups is 2. The Morgan fingerprint density at radius 1 is 1.26 bits per heavy atom. The number of amides is 1. The molecule has 1 aliphatic carbocycles. The third-order valence-electron chi connectivity index (χ3n) is 4.37. The zero-order valence-corrected chi connectivity index (χ0v) is 13.2. The summed E-state index contributed by atoms with van der Waals surface area (Å²) in [6, 6.07) is 0.983. The number of aromatic amines is 2. The standard InChI is InChI=1S/C15H21N3O5/c1-8-4-3-5-10(9(8)2)16-13(20)7-23-14(21)11-6-12(19)18-15(22)17-11/h6,8-10H,3-5,7H2,1-2H3,(H,16,20)(H2,17,18,19,22)/t8-,9+,10-/m0/s1. The van der Waals surface area contributed by atoms with Gasteiger partial charge < -0.3 is 15.0 Å². The van der Waals surface area contributed by atoms with Crippen LogP contribution in [-0.4, -0.2) is 34.5 Å². The van der Waals surface area contributed by atoms with Gasteiger partial charge >= 0.3 is 11.7 Å². The maximum absolute atomic E-state index is 11.9. The average Bonchev–Trinajstić information content (AvgIpc) is 2.48. The topological polar surface area (TPSA) is 121 Å². The summed E-state index contributed by atoms with van der Waals surface area (Å²) in [7, 11) is 0. The maximum Gasteiger partial charge on any atom is 0.355 e. The van der Waals surface area contributed by atoms with Crippen LogP contribution >= 0.6 is 0 Å². The third kappa shape index (κ3) is 4.54. The fourth-order valence-corrected chi connectivity index (χ4v) is 2.82. The van der Waals surface area contributed by atoms with Crippen LogP contribution < -0.4 is 16.6 Å². The Morgan fingerprint density at radius 3 is 2.70 bits per heavy atom. The van der Waals surface area contributed by atoms with Crippen molar-refractivity contribution in [3.63, 3.8) is 0 Å². The van der Waals surface area contributed by atoms with Gasteiger partial charge in [0.15, 0.2) is 6.61 Å². The van der Waals surface area contributed by atoms with Crippen molar-refractivity contribution in [2.45, 2.75) is 39.2 Å². The molecular weight excluding hydrogens is 302 g/mol. The molecule has 0 aromatic carbocycles. The second-order valence-electron chi connectivity index (χ2n) is 6.02. The van der Waals surface area contributed by atoms with Crippen LogP contribution in [0.2, 0.25) is 0 Å². The highest BCUT2D eigenvalue weighted by molar-refractivity contribution is 5.89. The third-order valence-corrected chi connectivity index (χ3v) is 4.37. The van der Waals surface area contributed by atoms with Crippen molar-refractivity contribution in [2.24, 2.45) is 11.8 Å². The number of aromatic nitrogens is 2. The number of rotatable bonds is 4. The molecule has 8 nitrogen and oxygen atoms in total. The maximum atomic E-state index is 11.9. The van der Waals surface area contributed by atoms with E-state index in [1.807, 2.05) is 4.98 Å². The molecule has 126 valence electrons. The number of hydrogen-bond donors (Lipinski definition) is 3. The normalized spacial score (nSPS) is 24.0. The van der Waals surface area contributed by atoms with Crippen LogP contribution in [0.25, 0.3) is 0 Å². The van der Waals surface area contributed by atoms with Gasteiger partial charge in [-0.15, -0.1) is 0 Å². The summed E-state index contributed by atoms with van der Waals surface area (Å²) in [5.74, 6) is -0.407. The quantitative estimate of drug-likeness (QED) is 0.682. The highest BCUT2D eigenvalue weighted by Gasteiger charge is 2.28. The van der Waals surface area contributed by atoms with Crippen molar-refractivity contribution in [3.8, 4) is 0 Å². The van der Waals surface area contributed by atoms with Crippen LogP contribution in [0.1, 0.15) is 43.6 Å². The van der Waals surface area contributed by atoms with Crippen LogP contribution in [-0.2, 0) is 9.53 Å². The fourth-order valence-electron chi connectivity index (χ4n) is 2.82. The molecule has 0 radical (unpaired) electrons. The lowest BCUT2D eigenvalue weighted by Crippen LogP contribution is -2.45. The molecule has 2 rings (SSSR count). The molecule has 3 atom stereocenters. The Morgan fingerprint density at radius 2 is 2.00 bits per heavy atom. The van der Waals surface area contributed by atoms with Gasteiger partial charge in [-0.25, -0.2) is 9.59 Å². The zero-order valence-electron chi connectivity index (χ0n) is 13.2. The van der Waals surface area contributed by atoms with Gasteiger partial charge in [0.1, 0.15) is 5.69 Å². The number of ether oxygens (including phenoxy) is 1. The molecule has 1 aliphatic rings. The van der Waals surface area contributed by atoms with Crippen LogP contribution in [0.4, 0.5) is 0 Å². The Kier molecular flexibility index (Phi) is 5.36. The summed E-state index contributed by atoms with van der Waals surface area (Å²) in [6.45, 7) is 3.80. The van der Waals surface area contributed by atoms with Gasteiger partial charge in [0.2, 0.25) is 0 Å². The van der Waals surface area contributed by atoms with Gasteiger partial charge in [0, 0.05) is 12.1 Å². The van der Waals surface area contributed by atoms with Crippen molar-refractivity contribution >= 4 is 11.9 Å². The monoisotopic (exact) mass is 323 g/mol. The molecule has 3 N–H and O–H groups in total. The molecule has 0 unspecified atom stereocenters. The minimum absolute atomic E-state index is 0.0735. The highest BCUT2D eigenvalue weighted by atomic mass is 16.5. The lowest BCUT2D eigenvalue weighted by molar-refractivity contribution is -0.125. The fraction of sp³-hybridized carbons (Fsp3) is 0.600. The lowest BCUT2D eigenvalue weighted by Gasteiger charge is -2.34. The Hall–Kier alpha value is -2.38.